The number of hydrogen-bond acceptors (Lipinski definition) is 2. The standard InChI is InChI=1S/C15H28ClN3/c1-4-6-7-8-9-10-11-14(17-3)15-13(16)12-18-19(15)5-2/h12,14,17H,4-11H2,1-3H3. The quantitative estimate of drug-likeness (QED) is 0.638. The second kappa shape index (κ2) is 9.38. The van der Waals surface area contributed by atoms with E-state index in [1.54, 1.807) is 6.20 Å². The van der Waals surface area contributed by atoms with Gasteiger partial charge in [-0.3, -0.25) is 4.68 Å². The molecule has 0 fully saturated rings. The second-order valence-electron chi connectivity index (χ2n) is 5.09. The van der Waals surface area contributed by atoms with E-state index in [2.05, 4.69) is 24.3 Å². The van der Waals surface area contributed by atoms with Gasteiger partial charge in [0.2, 0.25) is 0 Å². The molecular formula is C15H28ClN3. The van der Waals surface area contributed by atoms with Crippen LogP contribution in [0.2, 0.25) is 5.02 Å². The molecule has 110 valence electrons. The number of halogens is 1. The van der Waals surface area contributed by atoms with Crippen molar-refractivity contribution in [2.75, 3.05) is 7.05 Å². The van der Waals surface area contributed by atoms with Crippen molar-refractivity contribution < 1.29 is 0 Å². The fraction of sp³-hybridized carbons (Fsp3) is 0.800. The first-order valence-corrected chi connectivity index (χ1v) is 8.00. The average Bonchev–Trinajstić information content (AvgIpc) is 2.79. The van der Waals surface area contributed by atoms with Crippen molar-refractivity contribution in [3.05, 3.63) is 16.9 Å². The van der Waals surface area contributed by atoms with Crippen molar-refractivity contribution >= 4 is 11.6 Å². The lowest BCUT2D eigenvalue weighted by atomic mass is 10.0. The Morgan fingerprint density at radius 1 is 1.21 bits per heavy atom. The predicted molar refractivity (Wildman–Crippen MR) is 82.7 cm³/mol. The summed E-state index contributed by atoms with van der Waals surface area (Å²) in [4.78, 5) is 0. The van der Waals surface area contributed by atoms with Gasteiger partial charge in [0.05, 0.1) is 23.0 Å². The van der Waals surface area contributed by atoms with Crippen LogP contribution in [0.15, 0.2) is 6.20 Å². The van der Waals surface area contributed by atoms with E-state index in [0.29, 0.717) is 6.04 Å². The SMILES string of the molecule is CCCCCCCCC(NC)c1c(Cl)cnn1CC. The highest BCUT2D eigenvalue weighted by Gasteiger charge is 2.17. The molecule has 4 heteroatoms. The molecule has 1 rings (SSSR count). The maximum atomic E-state index is 6.26. The number of unbranched alkanes of at least 4 members (excludes halogenated alkanes) is 5. The third-order valence-electron chi connectivity index (χ3n) is 3.66. The van der Waals surface area contributed by atoms with Crippen LogP contribution in [0.25, 0.3) is 0 Å². The van der Waals surface area contributed by atoms with Gasteiger partial charge in [-0.05, 0) is 20.4 Å². The fourth-order valence-corrected chi connectivity index (χ4v) is 2.79. The van der Waals surface area contributed by atoms with Gasteiger partial charge in [-0.1, -0.05) is 57.0 Å². The third kappa shape index (κ3) is 5.15. The van der Waals surface area contributed by atoms with Crippen LogP contribution in [0.5, 0.6) is 0 Å². The Hall–Kier alpha value is -0.540. The summed E-state index contributed by atoms with van der Waals surface area (Å²) in [7, 11) is 2.01. The number of aryl methyl sites for hydroxylation is 1. The molecule has 3 nitrogen and oxygen atoms in total. The number of nitrogens with one attached hydrogen (secondary N) is 1. The highest BCUT2D eigenvalue weighted by molar-refractivity contribution is 6.31. The van der Waals surface area contributed by atoms with E-state index in [1.807, 2.05) is 11.7 Å². The zero-order chi connectivity index (χ0) is 14.1. The summed E-state index contributed by atoms with van der Waals surface area (Å²) in [5.74, 6) is 0. The summed E-state index contributed by atoms with van der Waals surface area (Å²) in [6.07, 6.45) is 10.9. The van der Waals surface area contributed by atoms with Crippen molar-refractivity contribution in [1.29, 1.82) is 0 Å². The maximum absolute atomic E-state index is 6.26. The van der Waals surface area contributed by atoms with Gasteiger partial charge in [0, 0.05) is 6.54 Å². The largest absolute Gasteiger partial charge is 0.312 e. The lowest BCUT2D eigenvalue weighted by Gasteiger charge is -2.18. The zero-order valence-electron chi connectivity index (χ0n) is 12.6. The van der Waals surface area contributed by atoms with Crippen molar-refractivity contribution in [2.45, 2.75) is 71.4 Å². The van der Waals surface area contributed by atoms with Gasteiger partial charge in [0.15, 0.2) is 0 Å². The zero-order valence-corrected chi connectivity index (χ0v) is 13.3. The molecule has 0 aliphatic heterocycles. The molecular weight excluding hydrogens is 258 g/mol. The molecule has 0 aliphatic rings. The third-order valence-corrected chi connectivity index (χ3v) is 3.95. The number of aromatic nitrogens is 2. The summed E-state index contributed by atoms with van der Waals surface area (Å²) >= 11 is 6.26. The van der Waals surface area contributed by atoms with Gasteiger partial charge in [-0.2, -0.15) is 5.10 Å². The van der Waals surface area contributed by atoms with Crippen LogP contribution < -0.4 is 5.32 Å². The van der Waals surface area contributed by atoms with Crippen LogP contribution in [0.1, 0.15) is 70.5 Å². The smallest absolute Gasteiger partial charge is 0.0834 e. The van der Waals surface area contributed by atoms with Gasteiger partial charge in [-0.25, -0.2) is 0 Å². The van der Waals surface area contributed by atoms with Crippen molar-refractivity contribution in [1.82, 2.24) is 15.1 Å². The Balaban J connectivity index is 2.42. The van der Waals surface area contributed by atoms with E-state index in [4.69, 9.17) is 11.6 Å². The second-order valence-corrected chi connectivity index (χ2v) is 5.50. The Labute approximate surface area is 122 Å². The van der Waals surface area contributed by atoms with Gasteiger partial charge >= 0.3 is 0 Å². The summed E-state index contributed by atoms with van der Waals surface area (Å²) in [5.41, 5.74) is 1.14. The molecule has 1 aromatic heterocycles. The molecule has 0 aliphatic carbocycles. The Morgan fingerprint density at radius 2 is 1.89 bits per heavy atom. The van der Waals surface area contributed by atoms with Crippen LogP contribution in [-0.4, -0.2) is 16.8 Å². The molecule has 1 heterocycles. The van der Waals surface area contributed by atoms with E-state index in [0.717, 1.165) is 23.7 Å². The molecule has 0 spiro atoms. The van der Waals surface area contributed by atoms with E-state index < -0.39 is 0 Å². The van der Waals surface area contributed by atoms with Crippen LogP contribution in [-0.2, 0) is 6.54 Å². The number of nitrogens with zero attached hydrogens (tertiary/aromatic N) is 2. The predicted octanol–water partition coefficient (Wildman–Crippen LogP) is 4.57. The molecule has 19 heavy (non-hydrogen) atoms. The Bertz CT molecular complexity index is 349. The summed E-state index contributed by atoms with van der Waals surface area (Å²) in [6, 6.07) is 0.320. The molecule has 0 saturated heterocycles. The van der Waals surface area contributed by atoms with Gasteiger partial charge < -0.3 is 5.32 Å². The Kier molecular flexibility index (Phi) is 8.15. The van der Waals surface area contributed by atoms with Gasteiger partial charge in [0.25, 0.3) is 0 Å². The average molecular weight is 286 g/mol. The van der Waals surface area contributed by atoms with Crippen LogP contribution in [0.3, 0.4) is 0 Å². The number of rotatable bonds is 10. The molecule has 1 atom stereocenters. The molecule has 0 aromatic carbocycles. The van der Waals surface area contributed by atoms with Crippen molar-refractivity contribution in [3.8, 4) is 0 Å². The van der Waals surface area contributed by atoms with E-state index in [-0.39, 0.29) is 0 Å². The van der Waals surface area contributed by atoms with Crippen LogP contribution >= 0.6 is 11.6 Å². The highest BCUT2D eigenvalue weighted by atomic mass is 35.5. The Morgan fingerprint density at radius 3 is 2.53 bits per heavy atom. The lowest BCUT2D eigenvalue weighted by molar-refractivity contribution is 0.461. The first-order chi connectivity index (χ1) is 9.24. The lowest BCUT2D eigenvalue weighted by Crippen LogP contribution is -2.20. The minimum absolute atomic E-state index is 0.320. The summed E-state index contributed by atoms with van der Waals surface area (Å²) in [5, 5.41) is 8.48. The highest BCUT2D eigenvalue weighted by Crippen LogP contribution is 2.26. The molecule has 1 aromatic rings. The molecule has 0 saturated carbocycles. The molecule has 0 amide bonds. The molecule has 1 unspecified atom stereocenters. The summed E-state index contributed by atoms with van der Waals surface area (Å²) in [6.45, 7) is 5.23. The first kappa shape index (κ1) is 16.5. The molecule has 0 radical (unpaired) electrons. The molecule has 1 N–H and O–H groups in total. The minimum atomic E-state index is 0.320. The van der Waals surface area contributed by atoms with Crippen LogP contribution in [0, 0.1) is 0 Å². The van der Waals surface area contributed by atoms with E-state index >= 15 is 0 Å². The molecule has 0 bridgehead atoms. The summed E-state index contributed by atoms with van der Waals surface area (Å²) < 4.78 is 2.00. The monoisotopic (exact) mass is 285 g/mol. The van der Waals surface area contributed by atoms with Gasteiger partial charge in [-0.15, -0.1) is 0 Å². The van der Waals surface area contributed by atoms with E-state index in [9.17, 15) is 0 Å². The van der Waals surface area contributed by atoms with E-state index in [1.165, 1.54) is 38.5 Å². The normalized spacial score (nSPS) is 12.8. The van der Waals surface area contributed by atoms with Gasteiger partial charge in [0.1, 0.15) is 0 Å². The number of hydrogen-bond donors (Lipinski definition) is 1. The first-order valence-electron chi connectivity index (χ1n) is 7.63. The minimum Gasteiger partial charge on any atom is -0.312 e. The fourth-order valence-electron chi connectivity index (χ4n) is 2.52. The topological polar surface area (TPSA) is 29.9 Å². The maximum Gasteiger partial charge on any atom is 0.0834 e. The van der Waals surface area contributed by atoms with Crippen molar-refractivity contribution in [3.63, 3.8) is 0 Å². The van der Waals surface area contributed by atoms with Crippen molar-refractivity contribution in [2.24, 2.45) is 0 Å². The van der Waals surface area contributed by atoms with Crippen LogP contribution in [0.4, 0.5) is 0 Å².